The van der Waals surface area contributed by atoms with Crippen LogP contribution in [-0.2, 0) is 12.8 Å². The lowest BCUT2D eigenvalue weighted by molar-refractivity contribution is 0.112. The van der Waals surface area contributed by atoms with E-state index in [0.29, 0.717) is 0 Å². The Balaban J connectivity index is 2.64. The van der Waals surface area contributed by atoms with Crippen LogP contribution in [0.1, 0.15) is 48.2 Å². The van der Waals surface area contributed by atoms with Crippen molar-refractivity contribution < 1.29 is 4.79 Å². The van der Waals surface area contributed by atoms with Gasteiger partial charge in [0.25, 0.3) is 0 Å². The Morgan fingerprint density at radius 1 is 0.889 bits per heavy atom. The fraction of sp³-hybridized carbons (Fsp3) is 0.353. The van der Waals surface area contributed by atoms with Crippen LogP contribution < -0.4 is 0 Å². The number of hydrogen-bond acceptors (Lipinski definition) is 1. The Bertz CT molecular complexity index is 555. The van der Waals surface area contributed by atoms with Crippen molar-refractivity contribution in [2.24, 2.45) is 0 Å². The minimum absolute atomic E-state index is 0.772. The summed E-state index contributed by atoms with van der Waals surface area (Å²) in [6.07, 6.45) is 5.39. The Hall–Kier alpha value is -1.63. The molecule has 18 heavy (non-hydrogen) atoms. The highest BCUT2D eigenvalue weighted by Gasteiger charge is 2.06. The summed E-state index contributed by atoms with van der Waals surface area (Å²) in [6, 6.07) is 10.5. The standard InChI is InChI=1S/C17H20O/c1-3-5-14-8-9-15(6-4-2)17-11-13(12-18)7-10-16(14)17/h7-12H,3-6H2,1-2H3. The van der Waals surface area contributed by atoms with Gasteiger partial charge in [-0.25, -0.2) is 0 Å². The lowest BCUT2D eigenvalue weighted by Crippen LogP contribution is -1.93. The van der Waals surface area contributed by atoms with Crippen LogP contribution in [-0.4, -0.2) is 6.29 Å². The van der Waals surface area contributed by atoms with Crippen molar-refractivity contribution in [2.75, 3.05) is 0 Å². The zero-order valence-corrected chi connectivity index (χ0v) is 11.2. The molecule has 0 N–H and O–H groups in total. The van der Waals surface area contributed by atoms with Gasteiger partial charge in [0.05, 0.1) is 0 Å². The van der Waals surface area contributed by atoms with E-state index < -0.39 is 0 Å². The van der Waals surface area contributed by atoms with E-state index in [9.17, 15) is 4.79 Å². The third-order valence-electron chi connectivity index (χ3n) is 3.40. The van der Waals surface area contributed by atoms with Gasteiger partial charge >= 0.3 is 0 Å². The van der Waals surface area contributed by atoms with Gasteiger partial charge in [-0.05, 0) is 40.8 Å². The molecule has 0 bridgehead atoms. The van der Waals surface area contributed by atoms with E-state index in [1.165, 1.54) is 21.9 Å². The first kappa shape index (κ1) is 12.8. The van der Waals surface area contributed by atoms with E-state index in [2.05, 4.69) is 32.0 Å². The predicted molar refractivity (Wildman–Crippen MR) is 77.3 cm³/mol. The highest BCUT2D eigenvalue weighted by Crippen LogP contribution is 2.26. The molecule has 2 aromatic carbocycles. The Morgan fingerprint density at radius 2 is 1.50 bits per heavy atom. The van der Waals surface area contributed by atoms with E-state index in [1.807, 2.05) is 12.1 Å². The number of benzene rings is 2. The molecule has 0 radical (unpaired) electrons. The SMILES string of the molecule is CCCc1ccc(CCC)c2cc(C=O)ccc12. The lowest BCUT2D eigenvalue weighted by atomic mass is 9.94. The predicted octanol–water partition coefficient (Wildman–Crippen LogP) is 4.56. The van der Waals surface area contributed by atoms with E-state index in [4.69, 9.17) is 0 Å². The van der Waals surface area contributed by atoms with E-state index in [1.54, 1.807) is 0 Å². The van der Waals surface area contributed by atoms with Gasteiger partial charge in [-0.15, -0.1) is 0 Å². The fourth-order valence-corrected chi connectivity index (χ4v) is 2.54. The van der Waals surface area contributed by atoms with Gasteiger partial charge in [-0.1, -0.05) is 51.0 Å². The summed E-state index contributed by atoms with van der Waals surface area (Å²) in [4.78, 5) is 10.9. The van der Waals surface area contributed by atoms with Crippen LogP contribution >= 0.6 is 0 Å². The summed E-state index contributed by atoms with van der Waals surface area (Å²) in [5, 5.41) is 2.57. The molecule has 2 aromatic rings. The van der Waals surface area contributed by atoms with Crippen molar-refractivity contribution in [1.82, 2.24) is 0 Å². The van der Waals surface area contributed by atoms with E-state index in [-0.39, 0.29) is 0 Å². The molecule has 0 unspecified atom stereocenters. The molecule has 0 saturated carbocycles. The smallest absolute Gasteiger partial charge is 0.150 e. The van der Waals surface area contributed by atoms with Gasteiger partial charge in [-0.3, -0.25) is 4.79 Å². The molecule has 0 amide bonds. The Labute approximate surface area is 109 Å². The van der Waals surface area contributed by atoms with E-state index in [0.717, 1.165) is 37.5 Å². The van der Waals surface area contributed by atoms with Gasteiger partial charge in [-0.2, -0.15) is 0 Å². The maximum atomic E-state index is 10.9. The second-order valence-electron chi connectivity index (χ2n) is 4.81. The minimum Gasteiger partial charge on any atom is -0.298 e. The van der Waals surface area contributed by atoms with Crippen molar-refractivity contribution in [1.29, 1.82) is 0 Å². The normalized spacial score (nSPS) is 10.8. The molecular weight excluding hydrogens is 220 g/mol. The maximum absolute atomic E-state index is 10.9. The largest absolute Gasteiger partial charge is 0.298 e. The summed E-state index contributed by atoms with van der Waals surface area (Å²) in [5.74, 6) is 0. The van der Waals surface area contributed by atoms with Crippen molar-refractivity contribution >= 4 is 17.1 Å². The first-order chi connectivity index (χ1) is 8.80. The first-order valence-corrected chi connectivity index (χ1v) is 6.79. The van der Waals surface area contributed by atoms with Gasteiger partial charge in [0.15, 0.2) is 0 Å². The van der Waals surface area contributed by atoms with Crippen molar-refractivity contribution in [2.45, 2.75) is 39.5 Å². The first-order valence-electron chi connectivity index (χ1n) is 6.79. The van der Waals surface area contributed by atoms with Gasteiger partial charge in [0, 0.05) is 5.56 Å². The summed E-state index contributed by atoms with van der Waals surface area (Å²) >= 11 is 0. The molecule has 0 saturated heterocycles. The second kappa shape index (κ2) is 5.81. The number of aryl methyl sites for hydroxylation is 2. The maximum Gasteiger partial charge on any atom is 0.150 e. The van der Waals surface area contributed by atoms with Gasteiger partial charge < -0.3 is 0 Å². The third kappa shape index (κ3) is 2.45. The summed E-state index contributed by atoms with van der Waals surface area (Å²) in [6.45, 7) is 4.39. The highest BCUT2D eigenvalue weighted by molar-refractivity contribution is 5.93. The van der Waals surface area contributed by atoms with Crippen LogP contribution in [0, 0.1) is 0 Å². The molecule has 0 aromatic heterocycles. The molecular formula is C17H20O. The molecule has 0 aliphatic heterocycles. The van der Waals surface area contributed by atoms with Gasteiger partial charge in [0.1, 0.15) is 6.29 Å². The van der Waals surface area contributed by atoms with Crippen molar-refractivity contribution in [3.8, 4) is 0 Å². The van der Waals surface area contributed by atoms with Gasteiger partial charge in [0.2, 0.25) is 0 Å². The third-order valence-corrected chi connectivity index (χ3v) is 3.40. The molecule has 0 heterocycles. The van der Waals surface area contributed by atoms with Crippen LogP contribution in [0.3, 0.4) is 0 Å². The van der Waals surface area contributed by atoms with Crippen molar-refractivity contribution in [3.05, 3.63) is 47.0 Å². The number of carbonyl (C=O) groups is 1. The average molecular weight is 240 g/mol. The number of fused-ring (bicyclic) bond motifs is 1. The average Bonchev–Trinajstić information content (AvgIpc) is 2.41. The van der Waals surface area contributed by atoms with Crippen LogP contribution in [0.2, 0.25) is 0 Å². The number of rotatable bonds is 5. The zero-order chi connectivity index (χ0) is 13.0. The van der Waals surface area contributed by atoms with Crippen LogP contribution in [0.5, 0.6) is 0 Å². The zero-order valence-electron chi connectivity index (χ0n) is 11.2. The molecule has 1 nitrogen and oxygen atoms in total. The number of carbonyl (C=O) groups excluding carboxylic acids is 1. The summed E-state index contributed by atoms with van der Waals surface area (Å²) < 4.78 is 0. The van der Waals surface area contributed by atoms with E-state index >= 15 is 0 Å². The fourth-order valence-electron chi connectivity index (χ4n) is 2.54. The Morgan fingerprint density at radius 3 is 2.06 bits per heavy atom. The Kier molecular flexibility index (Phi) is 4.14. The molecule has 94 valence electrons. The topological polar surface area (TPSA) is 17.1 Å². The molecule has 0 fully saturated rings. The molecule has 2 rings (SSSR count). The van der Waals surface area contributed by atoms with Crippen LogP contribution in [0.4, 0.5) is 0 Å². The quantitative estimate of drug-likeness (QED) is 0.700. The number of aldehydes is 1. The molecule has 0 aliphatic carbocycles. The summed E-state index contributed by atoms with van der Waals surface area (Å²) in [7, 11) is 0. The van der Waals surface area contributed by atoms with Crippen molar-refractivity contribution in [3.63, 3.8) is 0 Å². The molecule has 0 spiro atoms. The molecule has 0 atom stereocenters. The lowest BCUT2D eigenvalue weighted by Gasteiger charge is -2.11. The summed E-state index contributed by atoms with van der Waals surface area (Å²) in [5.41, 5.74) is 3.52. The number of hydrogen-bond donors (Lipinski definition) is 0. The van der Waals surface area contributed by atoms with Crippen LogP contribution in [0.15, 0.2) is 30.3 Å². The van der Waals surface area contributed by atoms with Crippen LogP contribution in [0.25, 0.3) is 10.8 Å². The molecule has 0 aliphatic rings. The highest BCUT2D eigenvalue weighted by atomic mass is 16.1. The molecule has 1 heteroatoms. The minimum atomic E-state index is 0.772. The monoisotopic (exact) mass is 240 g/mol. The second-order valence-corrected chi connectivity index (χ2v) is 4.81.